The molecule has 1 aromatic heterocycles. The maximum Gasteiger partial charge on any atom is 0.124 e. The van der Waals surface area contributed by atoms with Gasteiger partial charge in [0.15, 0.2) is 0 Å². The standard InChI is InChI=1S/C16H19FN2O2/c1-20-9-8-19-11-14-10-15(17)2-3-16(14)21-12-13-4-6-18-7-5-13/h2-7,10,19H,8-9,11-12H2,1H3. The third-order valence-electron chi connectivity index (χ3n) is 2.96. The van der Waals surface area contributed by atoms with Gasteiger partial charge in [0.25, 0.3) is 0 Å². The van der Waals surface area contributed by atoms with Gasteiger partial charge in [-0.25, -0.2) is 4.39 Å². The molecule has 5 heteroatoms. The molecule has 1 heterocycles. The zero-order chi connectivity index (χ0) is 14.9. The molecule has 0 aliphatic carbocycles. The van der Waals surface area contributed by atoms with Gasteiger partial charge in [-0.3, -0.25) is 4.98 Å². The van der Waals surface area contributed by atoms with Crippen molar-refractivity contribution in [1.29, 1.82) is 0 Å². The Morgan fingerprint density at radius 1 is 1.19 bits per heavy atom. The maximum atomic E-state index is 13.4. The fourth-order valence-corrected chi connectivity index (χ4v) is 1.86. The SMILES string of the molecule is COCCNCc1cc(F)ccc1OCc1ccncc1. The number of ether oxygens (including phenoxy) is 2. The summed E-state index contributed by atoms with van der Waals surface area (Å²) in [5.41, 5.74) is 1.81. The van der Waals surface area contributed by atoms with E-state index in [1.165, 1.54) is 12.1 Å². The number of nitrogens with one attached hydrogen (secondary N) is 1. The van der Waals surface area contributed by atoms with E-state index in [9.17, 15) is 4.39 Å². The lowest BCUT2D eigenvalue weighted by atomic mass is 10.2. The van der Waals surface area contributed by atoms with Gasteiger partial charge in [0, 0.05) is 38.2 Å². The van der Waals surface area contributed by atoms with Crippen LogP contribution in [0, 0.1) is 5.82 Å². The summed E-state index contributed by atoms with van der Waals surface area (Å²) in [5, 5.41) is 3.19. The predicted octanol–water partition coefficient (Wildman–Crippen LogP) is 2.54. The van der Waals surface area contributed by atoms with Crippen LogP contribution in [0.4, 0.5) is 4.39 Å². The molecule has 4 nitrogen and oxygen atoms in total. The number of nitrogens with zero attached hydrogens (tertiary/aromatic N) is 1. The second-order valence-corrected chi connectivity index (χ2v) is 4.57. The van der Waals surface area contributed by atoms with Crippen molar-refractivity contribution in [2.24, 2.45) is 0 Å². The summed E-state index contributed by atoms with van der Waals surface area (Å²) in [5.74, 6) is 0.410. The molecule has 0 saturated carbocycles. The lowest BCUT2D eigenvalue weighted by molar-refractivity contribution is 0.199. The van der Waals surface area contributed by atoms with E-state index >= 15 is 0 Å². The number of pyridine rings is 1. The fraction of sp³-hybridized carbons (Fsp3) is 0.312. The summed E-state index contributed by atoms with van der Waals surface area (Å²) in [7, 11) is 1.65. The van der Waals surface area contributed by atoms with Crippen LogP contribution in [0.5, 0.6) is 5.75 Å². The summed E-state index contributed by atoms with van der Waals surface area (Å²) in [6.07, 6.45) is 3.44. The average molecular weight is 290 g/mol. The van der Waals surface area contributed by atoms with E-state index in [0.29, 0.717) is 32.1 Å². The molecule has 0 aliphatic heterocycles. The topological polar surface area (TPSA) is 43.4 Å². The first kappa shape index (κ1) is 15.4. The molecule has 0 saturated heterocycles. The molecule has 1 N–H and O–H groups in total. The number of benzene rings is 1. The van der Waals surface area contributed by atoms with Gasteiger partial charge in [0.1, 0.15) is 18.2 Å². The monoisotopic (exact) mass is 290 g/mol. The highest BCUT2D eigenvalue weighted by Crippen LogP contribution is 2.20. The van der Waals surface area contributed by atoms with Gasteiger partial charge in [-0.1, -0.05) is 0 Å². The van der Waals surface area contributed by atoms with Gasteiger partial charge in [-0.05, 0) is 35.9 Å². The second kappa shape index (κ2) is 8.34. The van der Waals surface area contributed by atoms with Gasteiger partial charge < -0.3 is 14.8 Å². The quantitative estimate of drug-likeness (QED) is 0.759. The van der Waals surface area contributed by atoms with E-state index in [1.807, 2.05) is 12.1 Å². The molecule has 112 valence electrons. The highest BCUT2D eigenvalue weighted by Gasteiger charge is 2.06. The molecule has 0 amide bonds. The van der Waals surface area contributed by atoms with Crippen molar-refractivity contribution in [2.75, 3.05) is 20.3 Å². The number of methoxy groups -OCH3 is 1. The van der Waals surface area contributed by atoms with Crippen molar-refractivity contribution in [3.63, 3.8) is 0 Å². The van der Waals surface area contributed by atoms with Gasteiger partial charge in [0.05, 0.1) is 6.61 Å². The van der Waals surface area contributed by atoms with E-state index < -0.39 is 0 Å². The highest BCUT2D eigenvalue weighted by atomic mass is 19.1. The van der Waals surface area contributed by atoms with Gasteiger partial charge in [-0.2, -0.15) is 0 Å². The van der Waals surface area contributed by atoms with E-state index in [4.69, 9.17) is 9.47 Å². The smallest absolute Gasteiger partial charge is 0.124 e. The Labute approximate surface area is 123 Å². The minimum absolute atomic E-state index is 0.269. The van der Waals surface area contributed by atoms with Crippen molar-refractivity contribution in [1.82, 2.24) is 10.3 Å². The Morgan fingerprint density at radius 3 is 2.76 bits per heavy atom. The summed E-state index contributed by atoms with van der Waals surface area (Å²) >= 11 is 0. The minimum atomic E-state index is -0.269. The Morgan fingerprint density at radius 2 is 2.00 bits per heavy atom. The zero-order valence-electron chi connectivity index (χ0n) is 12.0. The first-order chi connectivity index (χ1) is 10.3. The van der Waals surface area contributed by atoms with E-state index in [1.54, 1.807) is 25.6 Å². The lowest BCUT2D eigenvalue weighted by Crippen LogP contribution is -2.19. The Balaban J connectivity index is 1.97. The molecular weight excluding hydrogens is 271 g/mol. The molecule has 0 fully saturated rings. The largest absolute Gasteiger partial charge is 0.489 e. The van der Waals surface area contributed by atoms with Crippen molar-refractivity contribution in [3.8, 4) is 5.75 Å². The van der Waals surface area contributed by atoms with Crippen molar-refractivity contribution < 1.29 is 13.9 Å². The van der Waals surface area contributed by atoms with Crippen LogP contribution < -0.4 is 10.1 Å². The van der Waals surface area contributed by atoms with Gasteiger partial charge >= 0.3 is 0 Å². The van der Waals surface area contributed by atoms with Crippen molar-refractivity contribution in [2.45, 2.75) is 13.2 Å². The number of aromatic nitrogens is 1. The van der Waals surface area contributed by atoms with Crippen LogP contribution in [0.3, 0.4) is 0 Å². The first-order valence-corrected chi connectivity index (χ1v) is 6.79. The van der Waals surface area contributed by atoms with Crippen LogP contribution in [-0.2, 0) is 17.9 Å². The Kier molecular flexibility index (Phi) is 6.12. The molecule has 0 atom stereocenters. The summed E-state index contributed by atoms with van der Waals surface area (Å²) in [6, 6.07) is 8.33. The minimum Gasteiger partial charge on any atom is -0.489 e. The number of hydrogen-bond donors (Lipinski definition) is 1. The summed E-state index contributed by atoms with van der Waals surface area (Å²) < 4.78 is 24.1. The average Bonchev–Trinajstić information content (AvgIpc) is 2.52. The molecule has 0 unspecified atom stereocenters. The zero-order valence-corrected chi connectivity index (χ0v) is 12.0. The third-order valence-corrected chi connectivity index (χ3v) is 2.96. The molecular formula is C16H19FN2O2. The van der Waals surface area contributed by atoms with Crippen molar-refractivity contribution in [3.05, 3.63) is 59.7 Å². The van der Waals surface area contributed by atoms with Gasteiger partial charge in [-0.15, -0.1) is 0 Å². The molecule has 0 radical (unpaired) electrons. The lowest BCUT2D eigenvalue weighted by Gasteiger charge is -2.12. The number of hydrogen-bond acceptors (Lipinski definition) is 4. The first-order valence-electron chi connectivity index (χ1n) is 6.79. The van der Waals surface area contributed by atoms with E-state index in [-0.39, 0.29) is 5.82 Å². The molecule has 2 aromatic rings. The predicted molar refractivity (Wildman–Crippen MR) is 78.6 cm³/mol. The highest BCUT2D eigenvalue weighted by molar-refractivity contribution is 5.34. The molecule has 21 heavy (non-hydrogen) atoms. The molecule has 0 bridgehead atoms. The Hall–Kier alpha value is -1.98. The van der Waals surface area contributed by atoms with E-state index in [2.05, 4.69) is 10.3 Å². The second-order valence-electron chi connectivity index (χ2n) is 4.57. The number of halogens is 1. The molecule has 1 aromatic carbocycles. The molecule has 0 spiro atoms. The van der Waals surface area contributed by atoms with Gasteiger partial charge in [0.2, 0.25) is 0 Å². The van der Waals surface area contributed by atoms with Crippen LogP contribution in [0.1, 0.15) is 11.1 Å². The van der Waals surface area contributed by atoms with Crippen LogP contribution in [0.25, 0.3) is 0 Å². The van der Waals surface area contributed by atoms with Crippen LogP contribution >= 0.6 is 0 Å². The van der Waals surface area contributed by atoms with Crippen LogP contribution in [-0.4, -0.2) is 25.2 Å². The normalized spacial score (nSPS) is 10.6. The fourth-order valence-electron chi connectivity index (χ4n) is 1.86. The van der Waals surface area contributed by atoms with E-state index in [0.717, 1.165) is 11.1 Å². The Bertz CT molecular complexity index is 549. The van der Waals surface area contributed by atoms with Crippen LogP contribution in [0.15, 0.2) is 42.7 Å². The van der Waals surface area contributed by atoms with Crippen molar-refractivity contribution >= 4 is 0 Å². The number of rotatable bonds is 8. The maximum absolute atomic E-state index is 13.4. The van der Waals surface area contributed by atoms with Crippen LogP contribution in [0.2, 0.25) is 0 Å². The summed E-state index contributed by atoms with van der Waals surface area (Å²) in [4.78, 5) is 3.96. The third kappa shape index (κ3) is 5.13. The summed E-state index contributed by atoms with van der Waals surface area (Å²) in [6.45, 7) is 2.28. The molecule has 0 aliphatic rings. The molecule has 2 rings (SSSR count).